The van der Waals surface area contributed by atoms with E-state index in [1.54, 1.807) is 0 Å². The zero-order chi connectivity index (χ0) is 3.28. The van der Waals surface area contributed by atoms with Gasteiger partial charge in [0, 0.05) is 17.5 Å². The summed E-state index contributed by atoms with van der Waals surface area (Å²) in [6, 6.07) is 2.11. The average Bonchev–Trinajstić information content (AvgIpc) is 1.74. The van der Waals surface area contributed by atoms with E-state index < -0.39 is 0 Å². The van der Waals surface area contributed by atoms with Crippen LogP contribution in [0.15, 0.2) is 12.3 Å². The number of rotatable bonds is 0. The van der Waals surface area contributed by atoms with Gasteiger partial charge in [-0.25, -0.2) is 0 Å². The number of fused-ring (bicyclic) bond motifs is 1. The topological polar surface area (TPSA) is 15.8 Å². The highest BCUT2D eigenvalue weighted by Gasteiger charge is 2.11. The predicted molar refractivity (Wildman–Crippen MR) is 19.8 cm³/mol. The van der Waals surface area contributed by atoms with Gasteiger partial charge in [0.1, 0.15) is 0 Å². The van der Waals surface area contributed by atoms with Gasteiger partial charge in [-0.2, -0.15) is 0 Å². The summed E-state index contributed by atoms with van der Waals surface area (Å²) in [5.41, 5.74) is 2.75. The van der Waals surface area contributed by atoms with Gasteiger partial charge in [0.25, 0.3) is 0 Å². The Morgan fingerprint density at radius 1 is 1.60 bits per heavy atom. The van der Waals surface area contributed by atoms with Crippen LogP contribution < -0.4 is 0 Å². The van der Waals surface area contributed by atoms with E-state index >= 15 is 0 Å². The molecule has 1 N–H and O–H groups in total. The molecule has 0 aromatic carbocycles. The van der Waals surface area contributed by atoms with Crippen LogP contribution in [0.1, 0.15) is 0 Å². The van der Waals surface area contributed by atoms with Gasteiger partial charge in [-0.3, -0.25) is 0 Å². The predicted octanol–water partition coefficient (Wildman–Crippen LogP) is 0.995. The number of nitrogens with one attached hydrogen (secondary N) is 1. The Morgan fingerprint density at radius 3 is 2.40 bits per heavy atom. The minimum absolute atomic E-state index is 1.34. The van der Waals surface area contributed by atoms with Crippen LogP contribution >= 0.6 is 0 Å². The van der Waals surface area contributed by atoms with Crippen LogP contribution in [-0.2, 0) is 0 Å². The molecule has 2 aliphatic rings. The van der Waals surface area contributed by atoms with Crippen LogP contribution in [0.2, 0.25) is 0 Å². The molecule has 0 saturated heterocycles. The highest BCUT2D eigenvalue weighted by atomic mass is 14.8. The molecule has 0 spiro atoms. The van der Waals surface area contributed by atoms with E-state index in [4.69, 9.17) is 0 Å². The molecule has 0 atom stereocenters. The molecular formula is C4H3N. The summed E-state index contributed by atoms with van der Waals surface area (Å²) >= 11 is 0. The summed E-state index contributed by atoms with van der Waals surface area (Å²) in [4.78, 5) is 2.98. The minimum atomic E-state index is 1.34. The molecule has 0 saturated carbocycles. The van der Waals surface area contributed by atoms with Crippen LogP contribution in [0, 0.1) is 0 Å². The molecule has 1 aliphatic carbocycles. The summed E-state index contributed by atoms with van der Waals surface area (Å²) in [6.45, 7) is 0. The second-order valence-corrected chi connectivity index (χ2v) is 1.30. The van der Waals surface area contributed by atoms with Crippen molar-refractivity contribution in [3.8, 4) is 11.3 Å². The Hall–Kier alpha value is -0.720. The van der Waals surface area contributed by atoms with Crippen LogP contribution in [0.25, 0.3) is 11.3 Å². The molecule has 5 heavy (non-hydrogen) atoms. The Balaban J connectivity index is 3.13. The molecule has 0 aromatic heterocycles. The van der Waals surface area contributed by atoms with Crippen molar-refractivity contribution in [3.63, 3.8) is 0 Å². The van der Waals surface area contributed by atoms with Crippen molar-refractivity contribution in [2.75, 3.05) is 0 Å². The summed E-state index contributed by atoms with van der Waals surface area (Å²) in [5.74, 6) is 0. The fraction of sp³-hybridized carbons (Fsp3) is 0. The molecule has 0 bridgehead atoms. The highest BCUT2D eigenvalue weighted by molar-refractivity contribution is 5.77. The number of hydrogen-bond donors (Lipinski definition) is 1. The normalized spacial score (nSPS) is 12.0. The monoisotopic (exact) mass is 65.0 g/mol. The van der Waals surface area contributed by atoms with E-state index in [-0.39, 0.29) is 0 Å². The molecule has 1 nitrogen and oxygen atoms in total. The van der Waals surface area contributed by atoms with Gasteiger partial charge in [-0.05, 0) is 6.07 Å². The third-order valence-corrected chi connectivity index (χ3v) is 0.911. The van der Waals surface area contributed by atoms with Crippen molar-refractivity contribution in [3.05, 3.63) is 12.3 Å². The molecule has 1 heterocycles. The molecular weight excluding hydrogens is 62.1 g/mol. The molecule has 0 aromatic rings. The van der Waals surface area contributed by atoms with Crippen LogP contribution in [0.5, 0.6) is 0 Å². The largest absolute Gasteiger partial charge is 0.360 e. The Kier molecular flexibility index (Phi) is 0.0822. The first-order valence-electron chi connectivity index (χ1n) is 1.65. The third kappa shape index (κ3) is 0.0509. The maximum Gasteiger partial charge on any atom is 0.0476 e. The average molecular weight is 65.1 g/mol. The number of aromatic nitrogens is 1. The summed E-state index contributed by atoms with van der Waals surface area (Å²) in [5, 5.41) is 0. The maximum absolute atomic E-state index is 2.98. The van der Waals surface area contributed by atoms with Crippen molar-refractivity contribution in [1.82, 2.24) is 4.98 Å². The lowest BCUT2D eigenvalue weighted by molar-refractivity contribution is 1.36. The lowest BCUT2D eigenvalue weighted by Crippen LogP contribution is -1.65. The van der Waals surface area contributed by atoms with Gasteiger partial charge in [0.05, 0.1) is 0 Å². The standard InChI is InChI=1S/C4H3N/c1-3-2-5-4(1)3/h1-2,5H. The first-order valence-corrected chi connectivity index (χ1v) is 1.65. The summed E-state index contributed by atoms with van der Waals surface area (Å²) in [7, 11) is 0. The maximum atomic E-state index is 2.98. The quantitative estimate of drug-likeness (QED) is 0.471. The second-order valence-electron chi connectivity index (χ2n) is 1.30. The Morgan fingerprint density at radius 2 is 2.40 bits per heavy atom. The molecule has 24 valence electrons. The summed E-state index contributed by atoms with van der Waals surface area (Å²) in [6.07, 6.45) is 2.00. The van der Waals surface area contributed by atoms with E-state index in [1.807, 2.05) is 6.20 Å². The van der Waals surface area contributed by atoms with E-state index in [0.29, 0.717) is 0 Å². The van der Waals surface area contributed by atoms with Crippen molar-refractivity contribution < 1.29 is 0 Å². The van der Waals surface area contributed by atoms with Gasteiger partial charge >= 0.3 is 0 Å². The van der Waals surface area contributed by atoms with Crippen LogP contribution in [0.4, 0.5) is 0 Å². The molecule has 1 heteroatoms. The van der Waals surface area contributed by atoms with E-state index in [9.17, 15) is 0 Å². The zero-order valence-electron chi connectivity index (χ0n) is 2.65. The fourth-order valence-electron chi connectivity index (χ4n) is 0.442. The summed E-state index contributed by atoms with van der Waals surface area (Å²) < 4.78 is 0. The lowest BCUT2D eigenvalue weighted by atomic mass is 10.5. The highest BCUT2D eigenvalue weighted by Crippen LogP contribution is 2.32. The fourth-order valence-corrected chi connectivity index (χ4v) is 0.442. The first kappa shape index (κ1) is 1.65. The van der Waals surface area contributed by atoms with Crippen LogP contribution in [-0.4, -0.2) is 4.98 Å². The Labute approximate surface area is 29.6 Å². The van der Waals surface area contributed by atoms with E-state index in [2.05, 4.69) is 11.1 Å². The van der Waals surface area contributed by atoms with Gasteiger partial charge in [-0.15, -0.1) is 0 Å². The molecule has 0 amide bonds. The number of H-pyrrole nitrogens is 1. The van der Waals surface area contributed by atoms with Gasteiger partial charge in [0.15, 0.2) is 0 Å². The SMILES string of the molecule is c1[nH]c2cc1-2. The third-order valence-electron chi connectivity index (χ3n) is 0.911. The zero-order valence-corrected chi connectivity index (χ0v) is 2.65. The van der Waals surface area contributed by atoms with Crippen molar-refractivity contribution in [2.45, 2.75) is 0 Å². The van der Waals surface area contributed by atoms with Crippen LogP contribution in [0.3, 0.4) is 0 Å². The molecule has 0 fully saturated rings. The first-order chi connectivity index (χ1) is 2.47. The Bertz CT molecular complexity index is 128. The smallest absolute Gasteiger partial charge is 0.0476 e. The number of hydrogen-bond acceptors (Lipinski definition) is 0. The van der Waals surface area contributed by atoms with Crippen molar-refractivity contribution >= 4 is 0 Å². The van der Waals surface area contributed by atoms with E-state index in [1.165, 1.54) is 11.3 Å². The molecule has 0 unspecified atom stereocenters. The van der Waals surface area contributed by atoms with Gasteiger partial charge < -0.3 is 4.98 Å². The van der Waals surface area contributed by atoms with Crippen molar-refractivity contribution in [2.24, 2.45) is 0 Å². The second kappa shape index (κ2) is 0.249. The van der Waals surface area contributed by atoms with Crippen molar-refractivity contribution in [1.29, 1.82) is 0 Å². The minimum Gasteiger partial charge on any atom is -0.360 e. The molecule has 2 rings (SSSR count). The van der Waals surface area contributed by atoms with Gasteiger partial charge in [-0.1, -0.05) is 0 Å². The number of aromatic amines is 1. The van der Waals surface area contributed by atoms with Gasteiger partial charge in [0.2, 0.25) is 0 Å². The molecule has 0 radical (unpaired) electrons. The van der Waals surface area contributed by atoms with E-state index in [0.717, 1.165) is 0 Å². The molecule has 1 aliphatic heterocycles. The lowest BCUT2D eigenvalue weighted by Gasteiger charge is -1.80.